The molecular weight excluding hydrogens is 314 g/mol. The molecule has 0 fully saturated rings. The Labute approximate surface area is 149 Å². The molecule has 25 heavy (non-hydrogen) atoms. The van der Waals surface area contributed by atoms with E-state index in [9.17, 15) is 9.59 Å². The first-order valence-corrected chi connectivity index (χ1v) is 8.32. The molecule has 1 N–H and O–H groups in total. The van der Waals surface area contributed by atoms with Crippen LogP contribution in [0.15, 0.2) is 42.5 Å². The first-order valence-electron chi connectivity index (χ1n) is 8.32. The summed E-state index contributed by atoms with van der Waals surface area (Å²) >= 11 is 0. The minimum atomic E-state index is -1.28. The van der Waals surface area contributed by atoms with Crippen LogP contribution in [0.4, 0.5) is 5.69 Å². The van der Waals surface area contributed by atoms with Crippen molar-refractivity contribution in [3.63, 3.8) is 0 Å². The fourth-order valence-electron chi connectivity index (χ4n) is 2.64. The average molecular weight is 339 g/mol. The molecule has 0 saturated carbocycles. The first-order chi connectivity index (χ1) is 11.7. The molecule has 0 bridgehead atoms. The molecule has 0 aliphatic heterocycles. The van der Waals surface area contributed by atoms with Crippen LogP contribution in [0.25, 0.3) is 0 Å². The zero-order valence-electron chi connectivity index (χ0n) is 15.5. The number of rotatable bonds is 5. The van der Waals surface area contributed by atoms with Gasteiger partial charge in [-0.25, -0.2) is 0 Å². The summed E-state index contributed by atoms with van der Waals surface area (Å²) in [5.74, 6) is -0.920. The standard InChI is InChI=1S/C21H25NO3/c1-14-11-15(2)18(16(3)12-14)22-19(23)21(4,5)20(24)25-13-17-9-7-6-8-10-17/h6-12H,13H2,1-5H3,(H,22,23). The normalized spacial score (nSPS) is 11.1. The smallest absolute Gasteiger partial charge is 0.321 e. The maximum absolute atomic E-state index is 12.7. The Kier molecular flexibility index (Phi) is 5.62. The summed E-state index contributed by atoms with van der Waals surface area (Å²) in [5.41, 5.74) is 3.43. The first kappa shape index (κ1) is 18.7. The number of amides is 1. The second-order valence-corrected chi connectivity index (χ2v) is 6.91. The van der Waals surface area contributed by atoms with Crippen molar-refractivity contribution in [3.05, 3.63) is 64.7 Å². The Morgan fingerprint density at radius 3 is 2.12 bits per heavy atom. The van der Waals surface area contributed by atoms with E-state index in [0.29, 0.717) is 0 Å². The van der Waals surface area contributed by atoms with E-state index in [-0.39, 0.29) is 12.5 Å². The van der Waals surface area contributed by atoms with Crippen LogP contribution in [0.3, 0.4) is 0 Å². The lowest BCUT2D eigenvalue weighted by atomic mass is 9.92. The third-order valence-corrected chi connectivity index (χ3v) is 4.21. The van der Waals surface area contributed by atoms with Crippen LogP contribution in [-0.2, 0) is 20.9 Å². The van der Waals surface area contributed by atoms with Gasteiger partial charge >= 0.3 is 5.97 Å². The van der Waals surface area contributed by atoms with Gasteiger partial charge in [-0.05, 0) is 51.3 Å². The summed E-state index contributed by atoms with van der Waals surface area (Å²) in [4.78, 5) is 25.1. The number of carbonyl (C=O) groups is 2. The predicted molar refractivity (Wildman–Crippen MR) is 99.3 cm³/mol. The van der Waals surface area contributed by atoms with Gasteiger partial charge in [0, 0.05) is 5.69 Å². The summed E-state index contributed by atoms with van der Waals surface area (Å²) in [7, 11) is 0. The van der Waals surface area contributed by atoms with Crippen LogP contribution < -0.4 is 5.32 Å². The lowest BCUT2D eigenvalue weighted by Crippen LogP contribution is -2.39. The van der Waals surface area contributed by atoms with Crippen LogP contribution in [0.5, 0.6) is 0 Å². The number of esters is 1. The topological polar surface area (TPSA) is 55.4 Å². The van der Waals surface area contributed by atoms with Crippen LogP contribution >= 0.6 is 0 Å². The number of benzene rings is 2. The van der Waals surface area contributed by atoms with Gasteiger partial charge in [-0.2, -0.15) is 0 Å². The van der Waals surface area contributed by atoms with E-state index < -0.39 is 11.4 Å². The van der Waals surface area contributed by atoms with Gasteiger partial charge in [0.1, 0.15) is 12.0 Å². The zero-order chi connectivity index (χ0) is 18.6. The largest absolute Gasteiger partial charge is 0.460 e. The quantitative estimate of drug-likeness (QED) is 0.652. The molecule has 1 amide bonds. The Hall–Kier alpha value is -2.62. The third kappa shape index (κ3) is 4.47. The molecule has 132 valence electrons. The van der Waals surface area contributed by atoms with Gasteiger partial charge in [0.25, 0.3) is 0 Å². The molecule has 4 heteroatoms. The van der Waals surface area contributed by atoms with Crippen molar-refractivity contribution in [1.82, 2.24) is 0 Å². The monoisotopic (exact) mass is 339 g/mol. The van der Waals surface area contributed by atoms with E-state index in [2.05, 4.69) is 5.32 Å². The van der Waals surface area contributed by atoms with Gasteiger partial charge in [-0.1, -0.05) is 48.0 Å². The molecule has 0 atom stereocenters. The SMILES string of the molecule is Cc1cc(C)c(NC(=O)C(C)(C)C(=O)OCc2ccccc2)c(C)c1. The van der Waals surface area contributed by atoms with E-state index in [4.69, 9.17) is 4.74 Å². The second-order valence-electron chi connectivity index (χ2n) is 6.91. The molecule has 0 heterocycles. The maximum atomic E-state index is 12.7. The fourth-order valence-corrected chi connectivity index (χ4v) is 2.64. The van der Waals surface area contributed by atoms with Crippen molar-refractivity contribution in [2.24, 2.45) is 5.41 Å². The van der Waals surface area contributed by atoms with E-state index in [0.717, 1.165) is 27.9 Å². The minimum absolute atomic E-state index is 0.152. The number of nitrogens with one attached hydrogen (secondary N) is 1. The minimum Gasteiger partial charge on any atom is -0.460 e. The predicted octanol–water partition coefficient (Wildman–Crippen LogP) is 4.32. The highest BCUT2D eigenvalue weighted by Gasteiger charge is 2.38. The summed E-state index contributed by atoms with van der Waals surface area (Å²) in [6, 6.07) is 13.4. The third-order valence-electron chi connectivity index (χ3n) is 4.21. The summed E-state index contributed by atoms with van der Waals surface area (Å²) in [5, 5.41) is 2.89. The molecule has 0 aliphatic rings. The number of carbonyl (C=O) groups excluding carboxylic acids is 2. The molecule has 0 unspecified atom stereocenters. The number of anilines is 1. The summed E-state index contributed by atoms with van der Waals surface area (Å²) in [6.45, 7) is 9.20. The lowest BCUT2D eigenvalue weighted by Gasteiger charge is -2.23. The van der Waals surface area contributed by atoms with Gasteiger partial charge in [0.2, 0.25) is 5.91 Å². The molecule has 0 spiro atoms. The molecule has 0 aliphatic carbocycles. The van der Waals surface area contributed by atoms with E-state index in [1.165, 1.54) is 0 Å². The van der Waals surface area contributed by atoms with Gasteiger partial charge in [0.05, 0.1) is 0 Å². The zero-order valence-corrected chi connectivity index (χ0v) is 15.5. The summed E-state index contributed by atoms with van der Waals surface area (Å²) in [6.07, 6.45) is 0. The average Bonchev–Trinajstić information content (AvgIpc) is 2.56. The van der Waals surface area contributed by atoms with Crippen molar-refractivity contribution >= 4 is 17.6 Å². The van der Waals surface area contributed by atoms with Crippen LogP contribution in [0.1, 0.15) is 36.1 Å². The second kappa shape index (κ2) is 7.51. The van der Waals surface area contributed by atoms with Crippen LogP contribution in [0, 0.1) is 26.2 Å². The van der Waals surface area contributed by atoms with E-state index in [1.807, 2.05) is 63.2 Å². The lowest BCUT2D eigenvalue weighted by molar-refractivity contribution is -0.158. The molecule has 2 aromatic carbocycles. The van der Waals surface area contributed by atoms with E-state index in [1.54, 1.807) is 13.8 Å². The molecule has 2 rings (SSSR count). The van der Waals surface area contributed by atoms with Crippen molar-refractivity contribution in [3.8, 4) is 0 Å². The van der Waals surface area contributed by atoms with Crippen LogP contribution in [-0.4, -0.2) is 11.9 Å². The molecule has 0 saturated heterocycles. The Morgan fingerprint density at radius 1 is 1.00 bits per heavy atom. The highest BCUT2D eigenvalue weighted by atomic mass is 16.5. The maximum Gasteiger partial charge on any atom is 0.321 e. The Bertz CT molecular complexity index is 756. The van der Waals surface area contributed by atoms with Crippen molar-refractivity contribution in [1.29, 1.82) is 0 Å². The molecule has 0 aromatic heterocycles. The molecule has 0 radical (unpaired) electrons. The number of aryl methyl sites for hydroxylation is 3. The Morgan fingerprint density at radius 2 is 1.56 bits per heavy atom. The van der Waals surface area contributed by atoms with Gasteiger partial charge in [-0.15, -0.1) is 0 Å². The molecular formula is C21H25NO3. The van der Waals surface area contributed by atoms with E-state index >= 15 is 0 Å². The van der Waals surface area contributed by atoms with Crippen molar-refractivity contribution in [2.75, 3.05) is 5.32 Å². The van der Waals surface area contributed by atoms with Gasteiger partial charge in [-0.3, -0.25) is 9.59 Å². The highest BCUT2D eigenvalue weighted by molar-refractivity contribution is 6.08. The van der Waals surface area contributed by atoms with Gasteiger partial charge < -0.3 is 10.1 Å². The number of hydrogen-bond acceptors (Lipinski definition) is 3. The Balaban J connectivity index is 2.07. The van der Waals surface area contributed by atoms with Crippen molar-refractivity contribution < 1.29 is 14.3 Å². The molecule has 4 nitrogen and oxygen atoms in total. The highest BCUT2D eigenvalue weighted by Crippen LogP contribution is 2.26. The van der Waals surface area contributed by atoms with Crippen molar-refractivity contribution in [2.45, 2.75) is 41.2 Å². The fraction of sp³-hybridized carbons (Fsp3) is 0.333. The van der Waals surface area contributed by atoms with Gasteiger partial charge in [0.15, 0.2) is 0 Å². The molecule has 2 aromatic rings. The number of hydrogen-bond donors (Lipinski definition) is 1. The summed E-state index contributed by atoms with van der Waals surface area (Å²) < 4.78 is 5.33. The number of ether oxygens (including phenoxy) is 1. The van der Waals surface area contributed by atoms with Crippen LogP contribution in [0.2, 0.25) is 0 Å².